The van der Waals surface area contributed by atoms with Crippen LogP contribution in [0.5, 0.6) is 0 Å². The summed E-state index contributed by atoms with van der Waals surface area (Å²) < 4.78 is 44.3. The summed E-state index contributed by atoms with van der Waals surface area (Å²) in [5, 5.41) is 3.29. The van der Waals surface area contributed by atoms with Crippen molar-refractivity contribution in [3.05, 3.63) is 131 Å². The molecule has 45 heavy (non-hydrogen) atoms. The number of hydrogen-bond donors (Lipinski definition) is 1. The molecule has 0 radical (unpaired) electrons. The first-order valence-electron chi connectivity index (χ1n) is 14.7. The lowest BCUT2D eigenvalue weighted by molar-refractivity contribution is -0.140. The number of benzene rings is 4. The fourth-order valence-electron chi connectivity index (χ4n) is 4.90. The first-order chi connectivity index (χ1) is 21.5. The second kappa shape index (κ2) is 15.2. The maximum atomic E-state index is 15.0. The number of carbonyl (C=O) groups is 2. The van der Waals surface area contributed by atoms with Crippen molar-refractivity contribution in [2.24, 2.45) is 0 Å². The number of sulfonamides is 1. The van der Waals surface area contributed by atoms with E-state index in [9.17, 15) is 18.0 Å². The van der Waals surface area contributed by atoms with Crippen molar-refractivity contribution in [1.82, 2.24) is 10.2 Å². The lowest BCUT2D eigenvalue weighted by Gasteiger charge is -2.34. The van der Waals surface area contributed by atoms with E-state index >= 15 is 4.39 Å². The van der Waals surface area contributed by atoms with Gasteiger partial charge in [-0.3, -0.25) is 13.9 Å². The molecule has 0 bridgehead atoms. The minimum atomic E-state index is -4.28. The van der Waals surface area contributed by atoms with E-state index in [1.54, 1.807) is 55.5 Å². The third-order valence-electron chi connectivity index (χ3n) is 7.69. The molecule has 0 aromatic heterocycles. The summed E-state index contributed by atoms with van der Waals surface area (Å²) in [6, 6.07) is 26.5. The van der Waals surface area contributed by atoms with Gasteiger partial charge in [0.2, 0.25) is 11.8 Å². The van der Waals surface area contributed by atoms with Crippen LogP contribution in [-0.2, 0) is 32.6 Å². The van der Waals surface area contributed by atoms with E-state index in [0.717, 1.165) is 9.87 Å². The van der Waals surface area contributed by atoms with Gasteiger partial charge in [-0.1, -0.05) is 91.3 Å². The molecule has 0 heterocycles. The van der Waals surface area contributed by atoms with Gasteiger partial charge in [0.1, 0.15) is 18.4 Å². The van der Waals surface area contributed by atoms with Crippen LogP contribution in [0, 0.1) is 12.7 Å². The Morgan fingerprint density at radius 3 is 2.16 bits per heavy atom. The molecule has 1 N–H and O–H groups in total. The van der Waals surface area contributed by atoms with E-state index in [2.05, 4.69) is 5.32 Å². The Morgan fingerprint density at radius 2 is 1.51 bits per heavy atom. The zero-order chi connectivity index (χ0) is 32.6. The van der Waals surface area contributed by atoms with Gasteiger partial charge in [0.05, 0.1) is 10.6 Å². The van der Waals surface area contributed by atoms with Gasteiger partial charge in [0, 0.05) is 29.6 Å². The molecule has 4 rings (SSSR count). The maximum absolute atomic E-state index is 15.0. The monoisotopic (exact) mass is 649 g/mol. The molecule has 4 aromatic carbocycles. The van der Waals surface area contributed by atoms with Gasteiger partial charge in [-0.05, 0) is 61.7 Å². The van der Waals surface area contributed by atoms with Crippen LogP contribution in [-0.4, -0.2) is 43.8 Å². The number of rotatable bonds is 13. The van der Waals surface area contributed by atoms with Crippen LogP contribution in [0.3, 0.4) is 0 Å². The first kappa shape index (κ1) is 33.7. The molecule has 2 amide bonds. The highest BCUT2D eigenvalue weighted by Crippen LogP contribution is 2.31. The summed E-state index contributed by atoms with van der Waals surface area (Å²) in [6.45, 7) is 4.54. The van der Waals surface area contributed by atoms with E-state index in [4.69, 9.17) is 11.6 Å². The van der Waals surface area contributed by atoms with Crippen molar-refractivity contribution in [2.75, 3.05) is 10.8 Å². The van der Waals surface area contributed by atoms with Crippen molar-refractivity contribution in [2.45, 2.75) is 57.1 Å². The predicted molar refractivity (Wildman–Crippen MR) is 176 cm³/mol. The van der Waals surface area contributed by atoms with Gasteiger partial charge in [0.25, 0.3) is 10.0 Å². The average molecular weight is 650 g/mol. The number of nitrogens with one attached hydrogen (secondary N) is 1. The Morgan fingerprint density at radius 1 is 0.889 bits per heavy atom. The molecule has 2 atom stereocenters. The van der Waals surface area contributed by atoms with Crippen molar-refractivity contribution >= 4 is 39.1 Å². The number of halogens is 2. The Kier molecular flexibility index (Phi) is 11.4. The summed E-state index contributed by atoms with van der Waals surface area (Å²) in [4.78, 5) is 29.6. The van der Waals surface area contributed by atoms with E-state index in [1.165, 1.54) is 29.2 Å². The first-order valence-corrected chi connectivity index (χ1v) is 16.5. The maximum Gasteiger partial charge on any atom is 0.264 e. The highest BCUT2D eigenvalue weighted by molar-refractivity contribution is 7.92. The molecule has 10 heteroatoms. The normalized spacial score (nSPS) is 12.6. The van der Waals surface area contributed by atoms with Crippen LogP contribution >= 0.6 is 11.6 Å². The molecule has 0 saturated carbocycles. The highest BCUT2D eigenvalue weighted by atomic mass is 35.5. The van der Waals surface area contributed by atoms with Gasteiger partial charge in [-0.15, -0.1) is 0 Å². The van der Waals surface area contributed by atoms with Gasteiger partial charge < -0.3 is 10.2 Å². The van der Waals surface area contributed by atoms with E-state index in [-0.39, 0.29) is 35.2 Å². The minimum Gasteiger partial charge on any atom is -0.352 e. The van der Waals surface area contributed by atoms with E-state index in [1.807, 2.05) is 44.2 Å². The van der Waals surface area contributed by atoms with E-state index < -0.39 is 40.2 Å². The lowest BCUT2D eigenvalue weighted by atomic mass is 10.0. The molecule has 0 spiro atoms. The minimum absolute atomic E-state index is 0.0202. The van der Waals surface area contributed by atoms with E-state index in [0.29, 0.717) is 17.0 Å². The zero-order valence-electron chi connectivity index (χ0n) is 25.5. The van der Waals surface area contributed by atoms with Crippen LogP contribution in [0.25, 0.3) is 0 Å². The van der Waals surface area contributed by atoms with Gasteiger partial charge >= 0.3 is 0 Å². The molecule has 236 valence electrons. The lowest BCUT2D eigenvalue weighted by Crippen LogP contribution is -2.54. The number of hydrogen-bond acceptors (Lipinski definition) is 4. The second-order valence-corrected chi connectivity index (χ2v) is 13.1. The van der Waals surface area contributed by atoms with Crippen molar-refractivity contribution in [3.63, 3.8) is 0 Å². The topological polar surface area (TPSA) is 86.8 Å². The summed E-state index contributed by atoms with van der Waals surface area (Å²) in [7, 11) is -4.28. The number of amides is 2. The molecule has 0 saturated heterocycles. The van der Waals surface area contributed by atoms with Crippen molar-refractivity contribution in [1.29, 1.82) is 0 Å². The molecule has 0 aliphatic heterocycles. The Balaban J connectivity index is 1.84. The number of nitrogens with zero attached hydrogens (tertiary/aromatic N) is 2. The average Bonchev–Trinajstić information content (AvgIpc) is 3.04. The molecule has 0 aliphatic carbocycles. The molecule has 4 aromatic rings. The number of carbonyl (C=O) groups excluding carboxylic acids is 2. The van der Waals surface area contributed by atoms with Gasteiger partial charge in [-0.2, -0.15) is 0 Å². The fraction of sp³-hybridized carbons (Fsp3) is 0.257. The Bertz CT molecular complexity index is 1720. The summed E-state index contributed by atoms with van der Waals surface area (Å²) in [6.07, 6.45) is 0.785. The third kappa shape index (κ3) is 8.29. The molecular formula is C35H37ClFN3O4S. The standard InChI is InChI=1S/C35H37ClFN3O4S/c1-4-25(2)38-35(42)33(22-27-14-7-5-8-15-27)39(23-28-16-11-12-20-31(28)37)34(41)24-40(32-21-13-19-30(36)26(32)3)45(43,44)29-17-9-6-10-18-29/h5-21,25,33H,4,22-24H2,1-3H3,(H,38,42). The van der Waals surface area contributed by atoms with Crippen LogP contribution in [0.4, 0.5) is 10.1 Å². The quantitative estimate of drug-likeness (QED) is 0.178. The number of anilines is 1. The zero-order valence-corrected chi connectivity index (χ0v) is 27.1. The van der Waals surface area contributed by atoms with Crippen LogP contribution in [0.15, 0.2) is 108 Å². The van der Waals surface area contributed by atoms with Gasteiger partial charge in [-0.25, -0.2) is 12.8 Å². The Hall–Kier alpha value is -4.21. The molecule has 0 fully saturated rings. The highest BCUT2D eigenvalue weighted by Gasteiger charge is 2.35. The molecule has 0 aliphatic rings. The predicted octanol–water partition coefficient (Wildman–Crippen LogP) is 6.54. The van der Waals surface area contributed by atoms with Crippen LogP contribution in [0.2, 0.25) is 5.02 Å². The SMILES string of the molecule is CCC(C)NC(=O)C(Cc1ccccc1)N(Cc1ccccc1F)C(=O)CN(c1cccc(Cl)c1C)S(=O)(=O)c1ccccc1. The molecule has 2 unspecified atom stereocenters. The fourth-order valence-corrected chi connectivity index (χ4v) is 6.57. The molecular weight excluding hydrogens is 613 g/mol. The largest absolute Gasteiger partial charge is 0.352 e. The van der Waals surface area contributed by atoms with Crippen molar-refractivity contribution in [3.8, 4) is 0 Å². The van der Waals surface area contributed by atoms with Crippen molar-refractivity contribution < 1.29 is 22.4 Å². The third-order valence-corrected chi connectivity index (χ3v) is 9.87. The summed E-state index contributed by atoms with van der Waals surface area (Å²) in [5.74, 6) is -1.65. The Labute approximate surface area is 269 Å². The second-order valence-electron chi connectivity index (χ2n) is 10.8. The summed E-state index contributed by atoms with van der Waals surface area (Å²) in [5.41, 5.74) is 1.65. The summed E-state index contributed by atoms with van der Waals surface area (Å²) >= 11 is 6.41. The van der Waals surface area contributed by atoms with Crippen LogP contribution < -0.4 is 9.62 Å². The smallest absolute Gasteiger partial charge is 0.264 e. The van der Waals surface area contributed by atoms with Gasteiger partial charge in [0.15, 0.2) is 0 Å². The molecule has 7 nitrogen and oxygen atoms in total. The van der Waals surface area contributed by atoms with Crippen LogP contribution in [0.1, 0.15) is 37.0 Å².